The molecule has 3 heterocycles. The molecule has 0 unspecified atom stereocenters. The predicted octanol–water partition coefficient (Wildman–Crippen LogP) is 5.05. The fraction of sp³-hybridized carbons (Fsp3) is 0.321. The number of carbonyl (C=O) groups is 1. The summed E-state index contributed by atoms with van der Waals surface area (Å²) in [7, 11) is 0. The molecule has 4 aromatic rings. The Balaban J connectivity index is 1.23. The van der Waals surface area contributed by atoms with Crippen molar-refractivity contribution >= 4 is 21.8 Å². The first-order chi connectivity index (χ1) is 18.7. The summed E-state index contributed by atoms with van der Waals surface area (Å²) in [5, 5.41) is 19.1. The molecule has 1 saturated heterocycles. The molecule has 2 aromatic heterocycles. The van der Waals surface area contributed by atoms with Gasteiger partial charge in [-0.15, -0.1) is 5.10 Å². The molecule has 0 bridgehead atoms. The molecule has 0 aliphatic carbocycles. The maximum atomic E-state index is 13.8. The van der Waals surface area contributed by atoms with Crippen LogP contribution in [-0.4, -0.2) is 61.0 Å². The van der Waals surface area contributed by atoms with Crippen LogP contribution in [0, 0.1) is 11.6 Å². The van der Waals surface area contributed by atoms with Crippen LogP contribution in [-0.2, 0) is 13.1 Å². The van der Waals surface area contributed by atoms with E-state index in [2.05, 4.69) is 31.1 Å². The molecule has 204 valence electrons. The van der Waals surface area contributed by atoms with Gasteiger partial charge in [0.15, 0.2) is 17.4 Å². The number of carbonyl (C=O) groups excluding carboxylic acids is 1. The van der Waals surface area contributed by atoms with E-state index in [1.807, 2.05) is 44.3 Å². The van der Waals surface area contributed by atoms with Gasteiger partial charge < -0.3 is 14.4 Å². The molecule has 0 radical (unpaired) electrons. The van der Waals surface area contributed by atoms with Gasteiger partial charge in [0, 0.05) is 48.0 Å². The van der Waals surface area contributed by atoms with Gasteiger partial charge in [-0.05, 0) is 55.3 Å². The number of aliphatic hydroxyl groups excluding tert-OH is 1. The zero-order valence-electron chi connectivity index (χ0n) is 21.5. The van der Waals surface area contributed by atoms with Gasteiger partial charge in [-0.3, -0.25) is 9.69 Å². The minimum Gasteiger partial charge on any atom is -0.459 e. The van der Waals surface area contributed by atoms with E-state index < -0.39 is 17.7 Å². The van der Waals surface area contributed by atoms with E-state index in [0.717, 1.165) is 27.9 Å². The van der Waals surface area contributed by atoms with Gasteiger partial charge in [-0.1, -0.05) is 39.3 Å². The SMILES string of the molecule is C[C@@H]1CN(C(=O)c2occc2-c2ccc(F)c(F)c2)C[C@H](C)N1Cc1cn(C[C@@H](O)c2cccc(Br)c2)nn1. The van der Waals surface area contributed by atoms with Crippen molar-refractivity contribution in [1.29, 1.82) is 0 Å². The van der Waals surface area contributed by atoms with Crippen LogP contribution in [0.5, 0.6) is 0 Å². The van der Waals surface area contributed by atoms with Gasteiger partial charge in [0.25, 0.3) is 5.91 Å². The summed E-state index contributed by atoms with van der Waals surface area (Å²) in [5.74, 6) is -2.14. The van der Waals surface area contributed by atoms with E-state index in [0.29, 0.717) is 30.8 Å². The molecule has 0 spiro atoms. The van der Waals surface area contributed by atoms with Crippen LogP contribution in [0.25, 0.3) is 11.1 Å². The second-order valence-electron chi connectivity index (χ2n) is 9.88. The minimum absolute atomic E-state index is 0.0109. The molecule has 11 heteroatoms. The first-order valence-electron chi connectivity index (χ1n) is 12.6. The fourth-order valence-corrected chi connectivity index (χ4v) is 5.44. The summed E-state index contributed by atoms with van der Waals surface area (Å²) < 4.78 is 35.2. The molecule has 1 aliphatic heterocycles. The van der Waals surface area contributed by atoms with Crippen molar-refractivity contribution in [3.63, 3.8) is 0 Å². The van der Waals surface area contributed by atoms with E-state index in [9.17, 15) is 18.7 Å². The number of halogens is 3. The number of amides is 1. The van der Waals surface area contributed by atoms with Crippen LogP contribution in [0.2, 0.25) is 0 Å². The van der Waals surface area contributed by atoms with Crippen LogP contribution in [0.4, 0.5) is 8.78 Å². The topological polar surface area (TPSA) is 87.6 Å². The molecule has 1 N–H and O–H groups in total. The zero-order chi connectivity index (χ0) is 27.7. The number of aliphatic hydroxyl groups is 1. The van der Waals surface area contributed by atoms with Crippen molar-refractivity contribution in [2.24, 2.45) is 0 Å². The summed E-state index contributed by atoms with van der Waals surface area (Å²) >= 11 is 3.42. The van der Waals surface area contributed by atoms with E-state index in [-0.39, 0.29) is 30.3 Å². The number of nitrogens with zero attached hydrogens (tertiary/aromatic N) is 5. The summed E-state index contributed by atoms with van der Waals surface area (Å²) in [4.78, 5) is 17.4. The highest BCUT2D eigenvalue weighted by Crippen LogP contribution is 2.29. The number of benzene rings is 2. The van der Waals surface area contributed by atoms with E-state index in [1.165, 1.54) is 12.3 Å². The monoisotopic (exact) mass is 599 g/mol. The third-order valence-electron chi connectivity index (χ3n) is 7.00. The van der Waals surface area contributed by atoms with Gasteiger partial charge in [0.2, 0.25) is 0 Å². The summed E-state index contributed by atoms with van der Waals surface area (Å²) in [6.07, 6.45) is 2.49. The van der Waals surface area contributed by atoms with Crippen molar-refractivity contribution < 1.29 is 23.1 Å². The molecule has 1 fully saturated rings. The standard InChI is InChI=1S/C28H28BrF2N5O3/c1-17-12-34(28(38)27-23(8-9-39-27)19-6-7-24(30)25(31)11-19)13-18(2)36(17)15-22-14-35(33-32-22)16-26(37)20-4-3-5-21(29)10-20/h3-11,14,17-18,26,37H,12-13,15-16H2,1-2H3/t17-,18+,26-/m1/s1. The van der Waals surface area contributed by atoms with Crippen molar-refractivity contribution in [1.82, 2.24) is 24.8 Å². The molecule has 39 heavy (non-hydrogen) atoms. The largest absolute Gasteiger partial charge is 0.459 e. The third-order valence-corrected chi connectivity index (χ3v) is 7.50. The van der Waals surface area contributed by atoms with Crippen LogP contribution in [0.1, 0.15) is 41.8 Å². The third kappa shape index (κ3) is 5.95. The van der Waals surface area contributed by atoms with Crippen molar-refractivity contribution in [2.45, 2.75) is 45.1 Å². The Labute approximate surface area is 233 Å². The van der Waals surface area contributed by atoms with Gasteiger partial charge in [-0.25, -0.2) is 13.5 Å². The zero-order valence-corrected chi connectivity index (χ0v) is 23.1. The first kappa shape index (κ1) is 27.2. The van der Waals surface area contributed by atoms with Gasteiger partial charge in [-0.2, -0.15) is 0 Å². The highest BCUT2D eigenvalue weighted by molar-refractivity contribution is 9.10. The average molecular weight is 600 g/mol. The molecule has 0 saturated carbocycles. The number of aromatic nitrogens is 3. The Kier molecular flexibility index (Phi) is 7.92. The maximum absolute atomic E-state index is 13.8. The second-order valence-corrected chi connectivity index (χ2v) is 10.8. The Hall–Kier alpha value is -3.41. The fourth-order valence-electron chi connectivity index (χ4n) is 5.03. The van der Waals surface area contributed by atoms with Gasteiger partial charge in [0.1, 0.15) is 0 Å². The van der Waals surface area contributed by atoms with Crippen molar-refractivity contribution in [2.75, 3.05) is 13.1 Å². The molecule has 5 rings (SSSR count). The summed E-state index contributed by atoms with van der Waals surface area (Å²) in [6, 6.07) is 12.6. The van der Waals surface area contributed by atoms with Gasteiger partial charge >= 0.3 is 0 Å². The number of hydrogen-bond donors (Lipinski definition) is 1. The van der Waals surface area contributed by atoms with Crippen molar-refractivity contribution in [3.8, 4) is 11.1 Å². The van der Waals surface area contributed by atoms with E-state index in [1.54, 1.807) is 15.6 Å². The Bertz CT molecular complexity index is 1460. The Morgan fingerprint density at radius 1 is 1.13 bits per heavy atom. The van der Waals surface area contributed by atoms with Crippen LogP contribution < -0.4 is 0 Å². The highest BCUT2D eigenvalue weighted by atomic mass is 79.9. The van der Waals surface area contributed by atoms with E-state index >= 15 is 0 Å². The Morgan fingerprint density at radius 3 is 2.62 bits per heavy atom. The van der Waals surface area contributed by atoms with Crippen LogP contribution >= 0.6 is 15.9 Å². The predicted molar refractivity (Wildman–Crippen MR) is 144 cm³/mol. The second kappa shape index (κ2) is 11.4. The number of rotatable bonds is 7. The summed E-state index contributed by atoms with van der Waals surface area (Å²) in [5.41, 5.74) is 2.34. The number of piperazine rings is 1. The van der Waals surface area contributed by atoms with E-state index in [4.69, 9.17) is 4.42 Å². The molecule has 1 amide bonds. The van der Waals surface area contributed by atoms with Crippen LogP contribution in [0.15, 0.2) is 69.9 Å². The molecule has 1 aliphatic rings. The lowest BCUT2D eigenvalue weighted by Crippen LogP contribution is -2.57. The summed E-state index contributed by atoms with van der Waals surface area (Å²) in [6.45, 7) is 5.80. The molecule has 3 atom stereocenters. The lowest BCUT2D eigenvalue weighted by Gasteiger charge is -2.43. The smallest absolute Gasteiger partial charge is 0.290 e. The lowest BCUT2D eigenvalue weighted by molar-refractivity contribution is 0.0245. The number of furan rings is 1. The molecular weight excluding hydrogens is 572 g/mol. The normalized spacial score (nSPS) is 18.9. The molecule has 8 nitrogen and oxygen atoms in total. The average Bonchev–Trinajstić information content (AvgIpc) is 3.57. The molecule has 2 aromatic carbocycles. The molecular formula is C28H28BrF2N5O3. The Morgan fingerprint density at radius 2 is 1.90 bits per heavy atom. The maximum Gasteiger partial charge on any atom is 0.290 e. The lowest BCUT2D eigenvalue weighted by atomic mass is 10.0. The van der Waals surface area contributed by atoms with Crippen molar-refractivity contribution in [3.05, 3.63) is 94.1 Å². The number of hydrogen-bond acceptors (Lipinski definition) is 6. The highest BCUT2D eigenvalue weighted by Gasteiger charge is 2.34. The van der Waals surface area contributed by atoms with Crippen LogP contribution in [0.3, 0.4) is 0 Å². The van der Waals surface area contributed by atoms with Gasteiger partial charge in [0.05, 0.1) is 24.6 Å². The quantitative estimate of drug-likeness (QED) is 0.320. The minimum atomic E-state index is -0.984. The first-order valence-corrected chi connectivity index (χ1v) is 13.4.